The quantitative estimate of drug-likeness (QED) is 0.302. The van der Waals surface area contributed by atoms with E-state index in [0.29, 0.717) is 0 Å². The number of halogens is 13. The van der Waals surface area contributed by atoms with E-state index in [1.54, 1.807) is 0 Å². The Morgan fingerprint density at radius 1 is 0.893 bits per heavy atom. The molecule has 28 heavy (non-hydrogen) atoms. The average molecular weight is 444 g/mol. The molecule has 0 aliphatic carbocycles. The predicted octanol–water partition coefficient (Wildman–Crippen LogP) is 8.41. The molecule has 0 fully saturated rings. The molecule has 0 aliphatic rings. The smallest absolute Gasteiger partial charge is 0.247 e. The zero-order chi connectivity index (χ0) is 23.7. The molecule has 0 aromatic heterocycles. The van der Waals surface area contributed by atoms with Crippen LogP contribution in [0.15, 0.2) is 49.1 Å². The highest BCUT2D eigenvalue weighted by molar-refractivity contribution is 5.03. The minimum absolute atomic E-state index is 0.333. The van der Waals surface area contributed by atoms with Gasteiger partial charge in [0.2, 0.25) is 6.17 Å². The molecule has 0 amide bonds. The van der Waals surface area contributed by atoms with Crippen LogP contribution in [-0.4, -0.2) is 24.9 Å². The van der Waals surface area contributed by atoms with Crippen molar-refractivity contribution in [2.24, 2.45) is 0 Å². The van der Waals surface area contributed by atoms with E-state index >= 15 is 0 Å². The summed E-state index contributed by atoms with van der Waals surface area (Å²) < 4.78 is 144. The standard InChI is InChI=1S/C6H8F4.C4H3F5.C3H5F.C2HF3/c1-4(3-5(2)7)6(8,9)10;5-1-2(6)3(7)4(8)9;1-3(2)4;3-1-2(4)5/h5H,1,3H2,2H3;1,3-4H;1H2,2H3;1H. The van der Waals surface area contributed by atoms with Gasteiger partial charge in [0.25, 0.3) is 12.5 Å². The number of hydrogen-bond acceptors (Lipinski definition) is 0. The van der Waals surface area contributed by atoms with Crippen LogP contribution in [0.3, 0.4) is 0 Å². The van der Waals surface area contributed by atoms with Gasteiger partial charge in [-0.2, -0.15) is 22.0 Å². The van der Waals surface area contributed by atoms with Crippen molar-refractivity contribution in [2.75, 3.05) is 0 Å². The third-order valence-corrected chi connectivity index (χ3v) is 1.60. The Bertz CT molecular complexity index is 467. The Balaban J connectivity index is -0.000000146. The molecule has 0 radical (unpaired) electrons. The summed E-state index contributed by atoms with van der Waals surface area (Å²) in [5, 5.41) is 0. The Kier molecular flexibility index (Phi) is 22.1. The molecule has 2 atom stereocenters. The molecule has 0 heterocycles. The fourth-order valence-corrected chi connectivity index (χ4v) is 0.636. The Morgan fingerprint density at radius 3 is 1.29 bits per heavy atom. The van der Waals surface area contributed by atoms with Crippen LogP contribution in [0.1, 0.15) is 20.3 Å². The van der Waals surface area contributed by atoms with Gasteiger partial charge in [-0.3, -0.25) is 0 Å². The van der Waals surface area contributed by atoms with E-state index in [2.05, 4.69) is 13.2 Å². The Hall–Kier alpha value is -1.95. The van der Waals surface area contributed by atoms with Crippen molar-refractivity contribution in [2.45, 2.75) is 45.2 Å². The van der Waals surface area contributed by atoms with Crippen LogP contribution in [0, 0.1) is 0 Å². The van der Waals surface area contributed by atoms with E-state index in [1.807, 2.05) is 0 Å². The fraction of sp³-hybridized carbons (Fsp3) is 0.467. The Morgan fingerprint density at radius 2 is 1.21 bits per heavy atom. The average Bonchev–Trinajstić information content (AvgIpc) is 2.52. The maximum Gasteiger partial charge on any atom is 0.412 e. The molecule has 0 nitrogen and oxygen atoms in total. The largest absolute Gasteiger partial charge is 0.412 e. The van der Waals surface area contributed by atoms with Gasteiger partial charge in [0.15, 0.2) is 12.2 Å². The predicted molar refractivity (Wildman–Crippen MR) is 78.9 cm³/mol. The lowest BCUT2D eigenvalue weighted by molar-refractivity contribution is -0.0950. The minimum Gasteiger partial charge on any atom is -0.247 e. The first-order chi connectivity index (χ1) is 12.4. The monoisotopic (exact) mass is 444 g/mol. The lowest BCUT2D eigenvalue weighted by atomic mass is 10.1. The molecular formula is C15H17F13. The van der Waals surface area contributed by atoms with E-state index in [-0.39, 0.29) is 5.83 Å². The van der Waals surface area contributed by atoms with Gasteiger partial charge in [-0.1, -0.05) is 13.2 Å². The first-order valence-electron chi connectivity index (χ1n) is 6.63. The summed E-state index contributed by atoms with van der Waals surface area (Å²) >= 11 is 0. The van der Waals surface area contributed by atoms with Gasteiger partial charge in [-0.15, -0.1) is 0 Å². The molecule has 0 rings (SSSR count). The van der Waals surface area contributed by atoms with Crippen molar-refractivity contribution >= 4 is 0 Å². The van der Waals surface area contributed by atoms with Crippen molar-refractivity contribution in [3.8, 4) is 0 Å². The topological polar surface area (TPSA) is 0 Å². The van der Waals surface area contributed by atoms with Gasteiger partial charge in [0.05, 0.1) is 5.83 Å². The van der Waals surface area contributed by atoms with Gasteiger partial charge in [-0.05, 0) is 13.8 Å². The van der Waals surface area contributed by atoms with Crippen molar-refractivity contribution in [3.63, 3.8) is 0 Å². The molecule has 0 saturated heterocycles. The summed E-state index contributed by atoms with van der Waals surface area (Å²) in [6, 6.07) is 0. The van der Waals surface area contributed by atoms with Crippen LogP contribution in [-0.2, 0) is 0 Å². The summed E-state index contributed by atoms with van der Waals surface area (Å²) in [7, 11) is 0. The number of rotatable bonds is 4. The van der Waals surface area contributed by atoms with Gasteiger partial charge >= 0.3 is 6.18 Å². The van der Waals surface area contributed by atoms with Crippen molar-refractivity contribution in [3.05, 3.63) is 49.1 Å². The summed E-state index contributed by atoms with van der Waals surface area (Å²) in [5.74, 6) is -2.41. The number of alkyl halides is 7. The molecule has 0 bridgehead atoms. The van der Waals surface area contributed by atoms with E-state index in [0.717, 1.165) is 6.92 Å². The molecule has 168 valence electrons. The van der Waals surface area contributed by atoms with Crippen molar-refractivity contribution in [1.82, 2.24) is 0 Å². The molecule has 2 unspecified atom stereocenters. The summed E-state index contributed by atoms with van der Waals surface area (Å²) in [6.07, 6.45) is -17.0. The maximum atomic E-state index is 11.9. The first-order valence-corrected chi connectivity index (χ1v) is 6.63. The molecule has 0 aromatic rings. The first kappa shape index (κ1) is 33.6. The third kappa shape index (κ3) is 31.8. The van der Waals surface area contributed by atoms with Gasteiger partial charge < -0.3 is 0 Å². The van der Waals surface area contributed by atoms with E-state index in [1.165, 1.54) is 6.92 Å². The lowest BCUT2D eigenvalue weighted by Gasteiger charge is -2.09. The van der Waals surface area contributed by atoms with Crippen LogP contribution in [0.4, 0.5) is 57.1 Å². The van der Waals surface area contributed by atoms with Crippen LogP contribution in [0.2, 0.25) is 0 Å². The molecule has 0 N–H and O–H groups in total. The number of allylic oxidation sites excluding steroid dienone is 3. The normalized spacial score (nSPS) is 12.8. The second-order valence-corrected chi connectivity index (χ2v) is 4.39. The maximum absolute atomic E-state index is 11.9. The highest BCUT2D eigenvalue weighted by Gasteiger charge is 2.32. The number of hydrogen-bond donors (Lipinski definition) is 0. The van der Waals surface area contributed by atoms with E-state index < -0.39 is 61.5 Å². The third-order valence-electron chi connectivity index (χ3n) is 1.60. The molecule has 13 heteroatoms. The summed E-state index contributed by atoms with van der Waals surface area (Å²) in [6.45, 7) is 7.96. The van der Waals surface area contributed by atoms with Gasteiger partial charge in [0, 0.05) is 12.0 Å². The van der Waals surface area contributed by atoms with Crippen molar-refractivity contribution in [1.29, 1.82) is 0 Å². The molecule has 0 saturated carbocycles. The molecular weight excluding hydrogens is 427 g/mol. The van der Waals surface area contributed by atoms with Crippen LogP contribution in [0.25, 0.3) is 0 Å². The van der Waals surface area contributed by atoms with E-state index in [4.69, 9.17) is 0 Å². The second-order valence-electron chi connectivity index (χ2n) is 4.39. The Labute approximate surface area is 152 Å². The van der Waals surface area contributed by atoms with Crippen LogP contribution < -0.4 is 0 Å². The minimum atomic E-state index is -4.44. The lowest BCUT2D eigenvalue weighted by Crippen LogP contribution is -2.13. The SMILES string of the molecule is C=C(C)F.C=C(CC(C)F)C(F)(F)F.FC=C(F)C(F)C(F)F.FC=C(F)F. The van der Waals surface area contributed by atoms with Crippen LogP contribution in [0.5, 0.6) is 0 Å². The second kappa shape index (κ2) is 18.4. The molecule has 0 aliphatic heterocycles. The zero-order valence-electron chi connectivity index (χ0n) is 14.4. The highest BCUT2D eigenvalue weighted by atomic mass is 19.4. The molecule has 0 aromatic carbocycles. The summed E-state index contributed by atoms with van der Waals surface area (Å²) in [4.78, 5) is 0. The van der Waals surface area contributed by atoms with Crippen molar-refractivity contribution < 1.29 is 57.1 Å². The van der Waals surface area contributed by atoms with E-state index in [9.17, 15) is 57.1 Å². The highest BCUT2D eigenvalue weighted by Crippen LogP contribution is 2.27. The van der Waals surface area contributed by atoms with Gasteiger partial charge in [-0.25, -0.2) is 35.1 Å². The zero-order valence-corrected chi connectivity index (χ0v) is 14.4. The molecule has 0 spiro atoms. The fourth-order valence-electron chi connectivity index (χ4n) is 0.636. The van der Waals surface area contributed by atoms with Crippen LogP contribution >= 0.6 is 0 Å². The summed E-state index contributed by atoms with van der Waals surface area (Å²) in [5.41, 5.74) is -1.01. The van der Waals surface area contributed by atoms with Gasteiger partial charge in [0.1, 0.15) is 12.5 Å².